The van der Waals surface area contributed by atoms with Gasteiger partial charge in [-0.15, -0.1) is 0 Å². The normalized spacial score (nSPS) is 12.7. The van der Waals surface area contributed by atoms with Crippen molar-refractivity contribution in [2.24, 2.45) is 0 Å². The van der Waals surface area contributed by atoms with Crippen molar-refractivity contribution in [2.45, 2.75) is 24.9 Å². The Morgan fingerprint density at radius 2 is 2.23 bits per heavy atom. The minimum Gasteiger partial charge on any atom is -0.767 e. The summed E-state index contributed by atoms with van der Waals surface area (Å²) >= 11 is 3.26. The smallest absolute Gasteiger partial charge is 0.767 e. The maximum absolute atomic E-state index is 10.5. The first-order valence-corrected chi connectivity index (χ1v) is 4.81. The summed E-state index contributed by atoms with van der Waals surface area (Å²) in [5.41, 5.74) is 0. The van der Waals surface area contributed by atoms with Crippen molar-refractivity contribution in [3.05, 3.63) is 11.2 Å². The third-order valence-electron chi connectivity index (χ3n) is 1.34. The summed E-state index contributed by atoms with van der Waals surface area (Å²) in [4.78, 5) is 0. The molecule has 0 bridgehead atoms. The zero-order valence-electron chi connectivity index (χ0n) is 7.65. The third kappa shape index (κ3) is 3.34. The monoisotopic (exact) mass is 230 g/mol. The van der Waals surface area contributed by atoms with E-state index in [2.05, 4.69) is 5.10 Å². The molecular formula is C6H8ClN2NaO2S. The molecule has 0 amide bonds. The summed E-state index contributed by atoms with van der Waals surface area (Å²) in [6.07, 6.45) is 1.50. The Balaban J connectivity index is 0.00000144. The largest absolute Gasteiger partial charge is 1.00 e. The van der Waals surface area contributed by atoms with Gasteiger partial charge in [0.15, 0.2) is 5.03 Å². The molecule has 1 unspecified atom stereocenters. The molecule has 13 heavy (non-hydrogen) atoms. The molecule has 0 N–H and O–H groups in total. The van der Waals surface area contributed by atoms with E-state index in [4.69, 9.17) is 11.6 Å². The fourth-order valence-electron chi connectivity index (χ4n) is 0.730. The van der Waals surface area contributed by atoms with E-state index in [1.165, 1.54) is 10.9 Å². The summed E-state index contributed by atoms with van der Waals surface area (Å²) in [7, 11) is 0. The second-order valence-corrected chi connectivity index (χ2v) is 3.85. The predicted molar refractivity (Wildman–Crippen MR) is 44.8 cm³/mol. The molecule has 0 radical (unpaired) electrons. The molecule has 1 rings (SSSR count). The summed E-state index contributed by atoms with van der Waals surface area (Å²) < 4.78 is 22.5. The van der Waals surface area contributed by atoms with Crippen LogP contribution in [-0.2, 0) is 11.1 Å². The maximum atomic E-state index is 10.5. The summed E-state index contributed by atoms with van der Waals surface area (Å²) in [5.74, 6) is 0. The third-order valence-corrected chi connectivity index (χ3v) is 2.35. The van der Waals surface area contributed by atoms with Gasteiger partial charge in [0.05, 0.1) is 5.02 Å². The van der Waals surface area contributed by atoms with Crippen molar-refractivity contribution in [1.29, 1.82) is 0 Å². The Morgan fingerprint density at radius 1 is 1.69 bits per heavy atom. The molecule has 0 saturated carbocycles. The Bertz CT molecular complexity index is 316. The molecule has 0 aliphatic heterocycles. The molecule has 0 fully saturated rings. The molecule has 68 valence electrons. The molecule has 0 aromatic carbocycles. The van der Waals surface area contributed by atoms with E-state index in [0.717, 1.165) is 0 Å². The van der Waals surface area contributed by atoms with Gasteiger partial charge in [-0.2, -0.15) is 5.10 Å². The van der Waals surface area contributed by atoms with Crippen LogP contribution < -0.4 is 29.6 Å². The standard InChI is InChI=1S/C6H9ClN2O2S.Na/c1-4(2)9-3-5(7)6(8-9)12(10)11;/h3-4H,1-2H3,(H,10,11);/q;+1/p-1. The van der Waals surface area contributed by atoms with E-state index in [-0.39, 0.29) is 45.6 Å². The average molecular weight is 231 g/mol. The summed E-state index contributed by atoms with van der Waals surface area (Å²) in [5, 5.41) is 3.85. The van der Waals surface area contributed by atoms with Gasteiger partial charge < -0.3 is 4.55 Å². The zero-order chi connectivity index (χ0) is 9.30. The van der Waals surface area contributed by atoms with E-state index >= 15 is 0 Å². The molecule has 0 aliphatic carbocycles. The van der Waals surface area contributed by atoms with Crippen LogP contribution in [0.15, 0.2) is 11.2 Å². The average Bonchev–Trinajstić information content (AvgIpc) is 2.30. The van der Waals surface area contributed by atoms with E-state index < -0.39 is 11.1 Å². The quantitative estimate of drug-likeness (QED) is 0.452. The summed E-state index contributed by atoms with van der Waals surface area (Å²) in [6.45, 7) is 3.78. The van der Waals surface area contributed by atoms with E-state index in [1.807, 2.05) is 13.8 Å². The van der Waals surface area contributed by atoms with Gasteiger partial charge in [0.2, 0.25) is 0 Å². The van der Waals surface area contributed by atoms with Crippen molar-refractivity contribution < 1.29 is 38.3 Å². The summed E-state index contributed by atoms with van der Waals surface area (Å²) in [6, 6.07) is 0.111. The number of hydrogen-bond acceptors (Lipinski definition) is 3. The number of halogens is 1. The predicted octanol–water partition coefficient (Wildman–Crippen LogP) is -1.64. The molecule has 0 aliphatic rings. The van der Waals surface area contributed by atoms with Crippen molar-refractivity contribution in [3.8, 4) is 0 Å². The molecule has 1 atom stereocenters. The first-order valence-electron chi connectivity index (χ1n) is 3.36. The van der Waals surface area contributed by atoms with Gasteiger partial charge in [-0.25, -0.2) is 0 Å². The molecule has 0 spiro atoms. The van der Waals surface area contributed by atoms with Gasteiger partial charge in [0.1, 0.15) is 0 Å². The Morgan fingerprint density at radius 3 is 2.46 bits per heavy atom. The van der Waals surface area contributed by atoms with Gasteiger partial charge in [0, 0.05) is 23.3 Å². The maximum Gasteiger partial charge on any atom is 1.00 e. The first-order chi connectivity index (χ1) is 5.52. The van der Waals surface area contributed by atoms with Gasteiger partial charge in [-0.05, 0) is 13.8 Å². The zero-order valence-corrected chi connectivity index (χ0v) is 11.2. The van der Waals surface area contributed by atoms with Crippen molar-refractivity contribution in [3.63, 3.8) is 0 Å². The number of nitrogens with zero attached hydrogens (tertiary/aromatic N) is 2. The van der Waals surface area contributed by atoms with Crippen LogP contribution in [0, 0.1) is 0 Å². The van der Waals surface area contributed by atoms with Crippen LogP contribution in [-0.4, -0.2) is 18.5 Å². The second-order valence-electron chi connectivity index (χ2n) is 2.59. The Kier molecular flexibility index (Phi) is 5.74. The van der Waals surface area contributed by atoms with Gasteiger partial charge in [-0.1, -0.05) is 11.6 Å². The minimum absolute atomic E-state index is 0. The van der Waals surface area contributed by atoms with E-state index in [0.29, 0.717) is 0 Å². The fraction of sp³-hybridized carbons (Fsp3) is 0.500. The number of aromatic nitrogens is 2. The molecule has 0 saturated heterocycles. The van der Waals surface area contributed by atoms with E-state index in [9.17, 15) is 8.76 Å². The van der Waals surface area contributed by atoms with E-state index in [1.54, 1.807) is 0 Å². The molecule has 4 nitrogen and oxygen atoms in total. The van der Waals surface area contributed by atoms with Crippen molar-refractivity contribution in [1.82, 2.24) is 9.78 Å². The van der Waals surface area contributed by atoms with Gasteiger partial charge in [0.25, 0.3) is 0 Å². The molecule has 1 aromatic heterocycles. The van der Waals surface area contributed by atoms with Gasteiger partial charge >= 0.3 is 29.6 Å². The molecule has 7 heteroatoms. The van der Waals surface area contributed by atoms with Crippen molar-refractivity contribution in [2.75, 3.05) is 0 Å². The van der Waals surface area contributed by atoms with Gasteiger partial charge in [-0.3, -0.25) is 8.89 Å². The second kappa shape index (κ2) is 5.48. The SMILES string of the molecule is CC(C)n1cc(Cl)c(S(=O)[O-])n1.[Na+]. The van der Waals surface area contributed by atoms with Crippen LogP contribution in [0.1, 0.15) is 19.9 Å². The topological polar surface area (TPSA) is 58.0 Å². The minimum atomic E-state index is -2.35. The van der Waals surface area contributed by atoms with Crippen molar-refractivity contribution >= 4 is 22.7 Å². The number of rotatable bonds is 2. The van der Waals surface area contributed by atoms with Crippen LogP contribution in [0.2, 0.25) is 5.02 Å². The van der Waals surface area contributed by atoms with Crippen LogP contribution in [0.4, 0.5) is 0 Å². The number of hydrogen-bond donors (Lipinski definition) is 0. The molecule has 1 heterocycles. The molecule has 1 aromatic rings. The fourth-order valence-corrected chi connectivity index (χ4v) is 1.43. The van der Waals surface area contributed by atoms with Crippen LogP contribution in [0.25, 0.3) is 0 Å². The Labute approximate surface area is 106 Å². The Hall–Kier alpha value is 0.610. The molecular weight excluding hydrogens is 223 g/mol. The van der Waals surface area contributed by atoms with Crippen LogP contribution in [0.3, 0.4) is 0 Å². The van der Waals surface area contributed by atoms with Crippen LogP contribution >= 0.6 is 11.6 Å². The van der Waals surface area contributed by atoms with Crippen LogP contribution in [0.5, 0.6) is 0 Å². The first kappa shape index (κ1) is 13.6.